The zero-order valence-corrected chi connectivity index (χ0v) is 14.1. The molecule has 9 heteroatoms. The second-order valence-electron chi connectivity index (χ2n) is 4.99. The fraction of sp³-hybridized carbons (Fsp3) is 0.200. The number of halogens is 1. The lowest BCUT2D eigenvalue weighted by molar-refractivity contribution is -0.396. The van der Waals surface area contributed by atoms with Gasteiger partial charge >= 0.3 is 0 Å². The molecule has 126 valence electrons. The third kappa shape index (κ3) is 4.92. The molecule has 0 radical (unpaired) electrons. The van der Waals surface area contributed by atoms with Crippen LogP contribution in [0.25, 0.3) is 0 Å². The minimum atomic E-state index is -0.675. The van der Waals surface area contributed by atoms with Crippen molar-refractivity contribution >= 4 is 35.0 Å². The summed E-state index contributed by atoms with van der Waals surface area (Å²) in [5.74, 6) is 0. The first-order valence-electron chi connectivity index (χ1n) is 6.87. The Labute approximate surface area is 147 Å². The Morgan fingerprint density at radius 1 is 1.12 bits per heavy atom. The van der Waals surface area contributed by atoms with Crippen molar-refractivity contribution in [3.05, 3.63) is 73.3 Å². The van der Waals surface area contributed by atoms with Crippen molar-refractivity contribution in [1.82, 2.24) is 0 Å². The van der Waals surface area contributed by atoms with E-state index in [1.165, 1.54) is 12.1 Å². The zero-order chi connectivity index (χ0) is 17.7. The summed E-state index contributed by atoms with van der Waals surface area (Å²) in [7, 11) is 0. The van der Waals surface area contributed by atoms with Gasteiger partial charge in [-0.25, -0.2) is 0 Å². The molecule has 0 spiro atoms. The molecule has 0 N–H and O–H groups in total. The lowest BCUT2D eigenvalue weighted by atomic mass is 10.1. The van der Waals surface area contributed by atoms with E-state index in [0.29, 0.717) is 11.4 Å². The lowest BCUT2D eigenvalue weighted by Crippen LogP contribution is -2.07. The molecule has 1 unspecified atom stereocenters. The van der Waals surface area contributed by atoms with Crippen LogP contribution in [-0.2, 0) is 10.6 Å². The molecule has 2 aromatic carbocycles. The Morgan fingerprint density at radius 3 is 2.38 bits per heavy atom. The van der Waals surface area contributed by atoms with Crippen molar-refractivity contribution in [3.63, 3.8) is 0 Å². The number of non-ortho nitro benzene ring substituents is 1. The summed E-state index contributed by atoms with van der Waals surface area (Å²) in [5, 5.41) is 22.4. The number of benzene rings is 2. The van der Waals surface area contributed by atoms with Crippen LogP contribution in [-0.4, -0.2) is 16.0 Å². The molecule has 0 saturated carbocycles. The van der Waals surface area contributed by atoms with Crippen molar-refractivity contribution in [2.24, 2.45) is 0 Å². The van der Waals surface area contributed by atoms with Crippen LogP contribution in [0.4, 0.5) is 11.4 Å². The zero-order valence-electron chi connectivity index (χ0n) is 12.5. The monoisotopic (exact) mass is 368 g/mol. The van der Waals surface area contributed by atoms with Crippen LogP contribution in [0.15, 0.2) is 47.4 Å². The van der Waals surface area contributed by atoms with Gasteiger partial charge in [-0.3, -0.25) is 20.2 Å². The fourth-order valence-electron chi connectivity index (χ4n) is 1.95. The number of rotatable bonds is 7. The molecule has 1 atom stereocenters. The Bertz CT molecular complexity index is 754. The Morgan fingerprint density at radius 2 is 1.79 bits per heavy atom. The summed E-state index contributed by atoms with van der Waals surface area (Å²) in [5.41, 5.74) is 0.332. The highest BCUT2D eigenvalue weighted by molar-refractivity contribution is 7.94. The van der Waals surface area contributed by atoms with Crippen LogP contribution in [0.2, 0.25) is 5.02 Å². The molecule has 0 aromatic heterocycles. The minimum absolute atomic E-state index is 0.216. The first-order valence-corrected chi connectivity index (χ1v) is 7.99. The van der Waals surface area contributed by atoms with Crippen molar-refractivity contribution in [2.75, 3.05) is 0 Å². The van der Waals surface area contributed by atoms with Crippen LogP contribution in [0.3, 0.4) is 0 Å². The van der Waals surface area contributed by atoms with Gasteiger partial charge in [-0.1, -0.05) is 23.7 Å². The van der Waals surface area contributed by atoms with Crippen LogP contribution in [0.5, 0.6) is 0 Å². The summed E-state index contributed by atoms with van der Waals surface area (Å²) in [6, 6.07) is 10.8. The predicted octanol–water partition coefficient (Wildman–Crippen LogP) is 4.81. The van der Waals surface area contributed by atoms with Crippen molar-refractivity contribution < 1.29 is 14.0 Å². The molecule has 24 heavy (non-hydrogen) atoms. The largest absolute Gasteiger partial charge is 0.307 e. The average Bonchev–Trinajstić information content (AvgIpc) is 2.54. The van der Waals surface area contributed by atoms with E-state index in [4.69, 9.17) is 15.8 Å². The predicted molar refractivity (Wildman–Crippen MR) is 91.3 cm³/mol. The number of hydrogen-bond acceptors (Lipinski definition) is 6. The molecule has 7 nitrogen and oxygen atoms in total. The third-order valence-electron chi connectivity index (χ3n) is 3.09. The topological polar surface area (TPSA) is 95.5 Å². The van der Waals surface area contributed by atoms with Crippen LogP contribution < -0.4 is 0 Å². The third-order valence-corrected chi connectivity index (χ3v) is 4.29. The first kappa shape index (κ1) is 18.2. The van der Waals surface area contributed by atoms with Gasteiger partial charge in [-0.15, -0.1) is 0 Å². The number of hydrogen-bond donors (Lipinski definition) is 0. The van der Waals surface area contributed by atoms with Gasteiger partial charge in [0, 0.05) is 23.1 Å². The van der Waals surface area contributed by atoms with Gasteiger partial charge in [0.1, 0.15) is 4.90 Å². The van der Waals surface area contributed by atoms with E-state index >= 15 is 0 Å². The van der Waals surface area contributed by atoms with E-state index in [2.05, 4.69) is 0 Å². The van der Waals surface area contributed by atoms with E-state index in [0.717, 1.165) is 23.7 Å². The van der Waals surface area contributed by atoms with Gasteiger partial charge in [0.05, 0.1) is 22.0 Å². The Kier molecular flexibility index (Phi) is 6.13. The van der Waals surface area contributed by atoms with E-state index in [-0.39, 0.29) is 22.4 Å². The molecule has 0 aliphatic carbocycles. The van der Waals surface area contributed by atoms with Crippen molar-refractivity contribution in [3.8, 4) is 0 Å². The highest BCUT2D eigenvalue weighted by Crippen LogP contribution is 2.34. The summed E-state index contributed by atoms with van der Waals surface area (Å²) < 4.78 is 5.56. The smallest absolute Gasteiger partial charge is 0.292 e. The number of nitrogens with zero attached hydrogens (tertiary/aromatic N) is 2. The summed E-state index contributed by atoms with van der Waals surface area (Å²) >= 11 is 6.66. The van der Waals surface area contributed by atoms with Gasteiger partial charge in [-0.05, 0) is 37.1 Å². The maximum Gasteiger partial charge on any atom is 0.292 e. The second-order valence-corrected chi connectivity index (χ2v) is 6.22. The molecule has 0 bridgehead atoms. The molecule has 2 aromatic rings. The van der Waals surface area contributed by atoms with Gasteiger partial charge < -0.3 is 4.18 Å². The standard InChI is InChI=1S/C15H13ClN2O5S/c1-10(8-11-2-4-12(16)5-3-11)23-24-15-7-6-13(17(19)20)9-14(15)18(21)22/h2-7,9-10H,8H2,1H3. The lowest BCUT2D eigenvalue weighted by Gasteiger charge is -2.12. The SMILES string of the molecule is CC(Cc1ccc(Cl)cc1)OSc1ccc([N+](=O)[O-])cc1[N+](=O)[O-]. The van der Waals surface area contributed by atoms with Gasteiger partial charge in [0.2, 0.25) is 0 Å². The van der Waals surface area contributed by atoms with Gasteiger partial charge in [0.25, 0.3) is 11.4 Å². The van der Waals surface area contributed by atoms with E-state index in [1.54, 1.807) is 12.1 Å². The van der Waals surface area contributed by atoms with Crippen LogP contribution in [0.1, 0.15) is 12.5 Å². The molecule has 0 aliphatic rings. The highest BCUT2D eigenvalue weighted by atomic mass is 35.5. The van der Waals surface area contributed by atoms with Gasteiger partial charge in [-0.2, -0.15) is 0 Å². The Balaban J connectivity index is 2.03. The molecular weight excluding hydrogens is 356 g/mol. The highest BCUT2D eigenvalue weighted by Gasteiger charge is 2.21. The van der Waals surface area contributed by atoms with E-state index < -0.39 is 9.85 Å². The average molecular weight is 369 g/mol. The summed E-state index contributed by atoms with van der Waals surface area (Å²) in [6.45, 7) is 1.83. The van der Waals surface area contributed by atoms with Gasteiger partial charge in [0.15, 0.2) is 0 Å². The molecule has 0 aliphatic heterocycles. The quantitative estimate of drug-likeness (QED) is 0.395. The Hall–Kier alpha value is -2.16. The molecule has 0 fully saturated rings. The molecule has 0 amide bonds. The molecule has 0 heterocycles. The maximum absolute atomic E-state index is 11.1. The van der Waals surface area contributed by atoms with Crippen molar-refractivity contribution in [2.45, 2.75) is 24.3 Å². The first-order chi connectivity index (χ1) is 11.4. The second kappa shape index (κ2) is 8.09. The summed E-state index contributed by atoms with van der Waals surface area (Å²) in [4.78, 5) is 20.7. The van der Waals surface area contributed by atoms with E-state index in [1.807, 2.05) is 19.1 Å². The van der Waals surface area contributed by atoms with E-state index in [9.17, 15) is 20.2 Å². The molecular formula is C15H13ClN2O5S. The number of nitro groups is 2. The molecule has 2 rings (SSSR count). The molecule has 0 saturated heterocycles. The minimum Gasteiger partial charge on any atom is -0.307 e. The maximum atomic E-state index is 11.1. The normalized spacial score (nSPS) is 11.9. The van der Waals surface area contributed by atoms with Crippen LogP contribution >= 0.6 is 23.6 Å². The fourth-order valence-corrected chi connectivity index (χ4v) is 2.76. The summed E-state index contributed by atoms with van der Waals surface area (Å²) in [6.07, 6.45) is 0.385. The van der Waals surface area contributed by atoms with Crippen molar-refractivity contribution in [1.29, 1.82) is 0 Å². The van der Waals surface area contributed by atoms with Crippen LogP contribution in [0, 0.1) is 20.2 Å². The number of nitro benzene ring substituents is 2.